The van der Waals surface area contributed by atoms with Gasteiger partial charge in [-0.2, -0.15) is 14.4 Å². The van der Waals surface area contributed by atoms with E-state index in [1.54, 1.807) is 7.05 Å². The minimum absolute atomic E-state index is 0.0986. The number of benzene rings is 2. The SMILES string of the molecule is Cn1nc(-c2cc(Cl)c(F)c(O)c2F)c2cnc(N3CCN(S(C)(=O)=O)C[C@H]3Cc3ccccc3)nc21. The van der Waals surface area contributed by atoms with Gasteiger partial charge in [0.05, 0.1) is 16.7 Å². The van der Waals surface area contributed by atoms with Gasteiger partial charge in [0.1, 0.15) is 5.69 Å². The van der Waals surface area contributed by atoms with Gasteiger partial charge in [-0.05, 0) is 18.1 Å². The smallest absolute Gasteiger partial charge is 0.227 e. The van der Waals surface area contributed by atoms with Gasteiger partial charge in [0.15, 0.2) is 23.0 Å². The molecule has 3 heterocycles. The molecule has 0 spiro atoms. The minimum atomic E-state index is -3.38. The zero-order valence-electron chi connectivity index (χ0n) is 19.9. The van der Waals surface area contributed by atoms with Crippen molar-refractivity contribution in [2.75, 3.05) is 30.8 Å². The molecule has 4 aromatic rings. The lowest BCUT2D eigenvalue weighted by molar-refractivity contribution is 0.330. The van der Waals surface area contributed by atoms with Gasteiger partial charge >= 0.3 is 0 Å². The summed E-state index contributed by atoms with van der Waals surface area (Å²) in [7, 11) is -1.76. The molecule has 0 amide bonds. The maximum Gasteiger partial charge on any atom is 0.227 e. The van der Waals surface area contributed by atoms with Gasteiger partial charge in [-0.25, -0.2) is 26.9 Å². The molecular formula is C24H23ClF2N6O3S. The Bertz CT molecular complexity index is 1600. The van der Waals surface area contributed by atoms with Crippen molar-refractivity contribution in [1.82, 2.24) is 24.1 Å². The average Bonchev–Trinajstić information content (AvgIpc) is 3.20. The number of piperazine rings is 1. The average molecular weight is 549 g/mol. The molecule has 1 fully saturated rings. The van der Waals surface area contributed by atoms with E-state index in [2.05, 4.69) is 15.1 Å². The summed E-state index contributed by atoms with van der Waals surface area (Å²) >= 11 is 5.83. The van der Waals surface area contributed by atoms with Crippen molar-refractivity contribution in [3.05, 3.63) is 64.8 Å². The number of phenolic OH excluding ortho intramolecular Hbond substituents is 1. The molecule has 0 unspecified atom stereocenters. The lowest BCUT2D eigenvalue weighted by Crippen LogP contribution is -2.56. The molecule has 0 bridgehead atoms. The summed E-state index contributed by atoms with van der Waals surface area (Å²) in [6, 6.07) is 10.5. The number of halogens is 3. The van der Waals surface area contributed by atoms with Gasteiger partial charge in [-0.1, -0.05) is 41.9 Å². The molecule has 5 rings (SSSR count). The second-order valence-corrected chi connectivity index (χ2v) is 11.3. The minimum Gasteiger partial charge on any atom is -0.503 e. The van der Waals surface area contributed by atoms with Crippen LogP contribution in [0.3, 0.4) is 0 Å². The molecule has 1 saturated heterocycles. The summed E-state index contributed by atoms with van der Waals surface area (Å²) in [5.41, 5.74) is 1.33. The quantitative estimate of drug-likeness (QED) is 0.381. The van der Waals surface area contributed by atoms with E-state index >= 15 is 0 Å². The first kappa shape index (κ1) is 25.3. The van der Waals surface area contributed by atoms with Gasteiger partial charge in [0.25, 0.3) is 0 Å². The van der Waals surface area contributed by atoms with Gasteiger partial charge in [-0.15, -0.1) is 0 Å². The third kappa shape index (κ3) is 4.72. The van der Waals surface area contributed by atoms with E-state index in [1.807, 2.05) is 35.2 Å². The van der Waals surface area contributed by atoms with Gasteiger partial charge in [0, 0.05) is 44.5 Å². The molecule has 2 aromatic carbocycles. The highest BCUT2D eigenvalue weighted by molar-refractivity contribution is 7.88. The van der Waals surface area contributed by atoms with Crippen LogP contribution < -0.4 is 4.90 Å². The predicted molar refractivity (Wildman–Crippen MR) is 136 cm³/mol. The number of sulfonamides is 1. The first-order valence-electron chi connectivity index (χ1n) is 11.4. The summed E-state index contributed by atoms with van der Waals surface area (Å²) in [6.45, 7) is 0.919. The Kier molecular flexibility index (Phi) is 6.50. The number of hydrogen-bond donors (Lipinski definition) is 1. The number of fused-ring (bicyclic) bond motifs is 1. The van der Waals surface area contributed by atoms with Crippen molar-refractivity contribution in [1.29, 1.82) is 0 Å². The molecule has 1 aliphatic rings. The number of aromatic nitrogens is 4. The van der Waals surface area contributed by atoms with Crippen LogP contribution in [0.15, 0.2) is 42.6 Å². The van der Waals surface area contributed by atoms with Crippen molar-refractivity contribution in [2.45, 2.75) is 12.5 Å². The Labute approximate surface area is 217 Å². The summed E-state index contributed by atoms with van der Waals surface area (Å²) in [5, 5.41) is 14.1. The number of hydrogen-bond acceptors (Lipinski definition) is 7. The third-order valence-corrected chi connectivity index (χ3v) is 7.99. The van der Waals surface area contributed by atoms with E-state index in [0.717, 1.165) is 11.6 Å². The second-order valence-electron chi connectivity index (χ2n) is 8.92. The zero-order chi connectivity index (χ0) is 26.5. The van der Waals surface area contributed by atoms with Crippen LogP contribution in [0.5, 0.6) is 5.75 Å². The van der Waals surface area contributed by atoms with E-state index in [4.69, 9.17) is 11.6 Å². The van der Waals surface area contributed by atoms with E-state index in [1.165, 1.54) is 21.4 Å². The summed E-state index contributed by atoms with van der Waals surface area (Å²) in [4.78, 5) is 11.1. The van der Waals surface area contributed by atoms with Crippen LogP contribution in [0.1, 0.15) is 5.56 Å². The molecule has 0 saturated carbocycles. The van der Waals surface area contributed by atoms with Crippen molar-refractivity contribution in [3.8, 4) is 17.0 Å². The fourth-order valence-electron chi connectivity index (χ4n) is 4.58. The Morgan fingerprint density at radius 3 is 2.59 bits per heavy atom. The first-order chi connectivity index (χ1) is 17.5. The molecule has 2 aromatic heterocycles. The van der Waals surface area contributed by atoms with Gasteiger partial charge in [-0.3, -0.25) is 0 Å². The van der Waals surface area contributed by atoms with Crippen LogP contribution in [-0.4, -0.2) is 69.5 Å². The van der Waals surface area contributed by atoms with Gasteiger partial charge in [0.2, 0.25) is 16.0 Å². The fraction of sp³-hybridized carbons (Fsp3) is 0.292. The molecule has 9 nitrogen and oxygen atoms in total. The fourth-order valence-corrected chi connectivity index (χ4v) is 5.64. The maximum absolute atomic E-state index is 14.7. The number of aryl methyl sites for hydroxylation is 1. The molecular weight excluding hydrogens is 526 g/mol. The lowest BCUT2D eigenvalue weighted by atomic mass is 10.0. The number of phenols is 1. The third-order valence-electron chi connectivity index (χ3n) is 6.44. The Balaban J connectivity index is 1.55. The standard InChI is InChI=1S/C24H23ClF2N6O3S/c1-31-23-17(21(30-31)16-11-18(25)20(27)22(34)19(16)26)12-28-24(29-23)33-9-8-32(37(2,35)36)13-15(33)10-14-6-4-3-5-7-14/h3-7,11-12,15,34H,8-10,13H2,1-2H3/t15-/m1/s1. The number of anilines is 1. The van der Waals surface area contributed by atoms with Crippen LogP contribution in [0.25, 0.3) is 22.3 Å². The molecule has 0 aliphatic carbocycles. The van der Waals surface area contributed by atoms with Crippen molar-refractivity contribution in [2.24, 2.45) is 7.05 Å². The zero-order valence-corrected chi connectivity index (χ0v) is 21.5. The Morgan fingerprint density at radius 1 is 1.16 bits per heavy atom. The largest absolute Gasteiger partial charge is 0.503 e. The van der Waals surface area contributed by atoms with E-state index in [0.29, 0.717) is 29.9 Å². The van der Waals surface area contributed by atoms with E-state index < -0.39 is 32.4 Å². The molecule has 194 valence electrons. The van der Waals surface area contributed by atoms with E-state index in [-0.39, 0.29) is 30.4 Å². The summed E-state index contributed by atoms with van der Waals surface area (Å²) in [6.07, 6.45) is 3.25. The predicted octanol–water partition coefficient (Wildman–Crippen LogP) is 3.36. The first-order valence-corrected chi connectivity index (χ1v) is 13.6. The number of nitrogens with zero attached hydrogens (tertiary/aromatic N) is 6. The molecule has 0 radical (unpaired) electrons. The summed E-state index contributed by atoms with van der Waals surface area (Å²) < 4.78 is 56.0. The van der Waals surface area contributed by atoms with E-state index in [9.17, 15) is 22.3 Å². The van der Waals surface area contributed by atoms with Crippen LogP contribution in [-0.2, 0) is 23.5 Å². The van der Waals surface area contributed by atoms with Crippen LogP contribution >= 0.6 is 11.6 Å². The molecule has 37 heavy (non-hydrogen) atoms. The molecule has 1 aliphatic heterocycles. The van der Waals surface area contributed by atoms with Crippen LogP contribution in [0.4, 0.5) is 14.7 Å². The topological polar surface area (TPSA) is 104 Å². The second kappa shape index (κ2) is 9.51. The molecule has 13 heteroatoms. The van der Waals surface area contributed by atoms with Crippen LogP contribution in [0.2, 0.25) is 5.02 Å². The van der Waals surface area contributed by atoms with Crippen molar-refractivity contribution < 1.29 is 22.3 Å². The monoisotopic (exact) mass is 548 g/mol. The molecule has 1 atom stereocenters. The lowest BCUT2D eigenvalue weighted by Gasteiger charge is -2.40. The normalized spacial score (nSPS) is 17.0. The Morgan fingerprint density at radius 2 is 1.89 bits per heavy atom. The van der Waals surface area contributed by atoms with Crippen molar-refractivity contribution in [3.63, 3.8) is 0 Å². The highest BCUT2D eigenvalue weighted by Gasteiger charge is 2.33. The summed E-state index contributed by atoms with van der Waals surface area (Å²) in [5.74, 6) is -3.26. The van der Waals surface area contributed by atoms with Crippen molar-refractivity contribution >= 4 is 38.6 Å². The number of rotatable bonds is 5. The number of aromatic hydroxyl groups is 1. The van der Waals surface area contributed by atoms with Crippen LogP contribution in [0, 0.1) is 11.6 Å². The maximum atomic E-state index is 14.7. The van der Waals surface area contributed by atoms with Gasteiger partial charge < -0.3 is 10.0 Å². The Hall–Kier alpha value is -3.35. The highest BCUT2D eigenvalue weighted by atomic mass is 35.5. The molecule has 1 N–H and O–H groups in total. The highest BCUT2D eigenvalue weighted by Crippen LogP contribution is 2.37.